The zero-order valence-corrected chi connectivity index (χ0v) is 19.0. The van der Waals surface area contributed by atoms with Crippen molar-refractivity contribution in [1.82, 2.24) is 9.78 Å². The Hall–Kier alpha value is -3.64. The number of aromatic nitrogens is 2. The number of hydrogen-bond acceptors (Lipinski definition) is 3. The summed E-state index contributed by atoms with van der Waals surface area (Å²) in [6.45, 7) is 2.60. The molecule has 1 fully saturated rings. The third-order valence-corrected chi connectivity index (χ3v) is 6.09. The molecule has 0 bridgehead atoms. The summed E-state index contributed by atoms with van der Waals surface area (Å²) >= 11 is 6.09. The van der Waals surface area contributed by atoms with Gasteiger partial charge in [0.2, 0.25) is 5.91 Å². The van der Waals surface area contributed by atoms with Crippen LogP contribution in [0.4, 0.5) is 11.4 Å². The Morgan fingerprint density at radius 1 is 0.939 bits per heavy atom. The Balaban J connectivity index is 1.39. The molecule has 1 aliphatic rings. The third kappa shape index (κ3) is 4.34. The van der Waals surface area contributed by atoms with E-state index in [4.69, 9.17) is 11.6 Å². The molecule has 0 aliphatic carbocycles. The molecule has 1 saturated heterocycles. The molecule has 1 aromatic heterocycles. The van der Waals surface area contributed by atoms with Crippen LogP contribution in [-0.4, -0.2) is 28.1 Å². The van der Waals surface area contributed by atoms with Gasteiger partial charge < -0.3 is 10.2 Å². The van der Waals surface area contributed by atoms with Crippen LogP contribution in [0.5, 0.6) is 0 Å². The minimum absolute atomic E-state index is 0.148. The van der Waals surface area contributed by atoms with E-state index in [1.807, 2.05) is 67.6 Å². The van der Waals surface area contributed by atoms with E-state index >= 15 is 0 Å². The second-order valence-electron chi connectivity index (χ2n) is 8.26. The fourth-order valence-electron chi connectivity index (χ4n) is 4.19. The maximum atomic E-state index is 13.1. The Labute approximate surface area is 196 Å². The molecule has 6 nitrogen and oxygen atoms in total. The highest BCUT2D eigenvalue weighted by molar-refractivity contribution is 6.31. The lowest BCUT2D eigenvalue weighted by atomic mass is 10.1. The molecule has 0 radical (unpaired) electrons. The quantitative estimate of drug-likeness (QED) is 0.423. The lowest BCUT2D eigenvalue weighted by Gasteiger charge is -2.26. The molecular weight excluding hydrogens is 436 g/mol. The van der Waals surface area contributed by atoms with Crippen molar-refractivity contribution in [3.63, 3.8) is 0 Å². The standard InChI is InChI=1S/C26H23ClN4O2/c1-17-14-24(31(29-17)23-10-6-18-15-20(27)7-5-19(18)16-23)26(33)28-21-8-11-22(12-9-21)30-13-3-2-4-25(30)32/h5-12,14-16H,2-4,13H2,1H3,(H,28,33). The van der Waals surface area contributed by atoms with Gasteiger partial charge in [-0.2, -0.15) is 5.10 Å². The molecule has 7 heteroatoms. The Morgan fingerprint density at radius 2 is 1.67 bits per heavy atom. The third-order valence-electron chi connectivity index (χ3n) is 5.85. The predicted octanol–water partition coefficient (Wildman–Crippen LogP) is 5.76. The molecule has 3 aromatic carbocycles. The number of nitrogens with one attached hydrogen (secondary N) is 1. The molecule has 1 aliphatic heterocycles. The van der Waals surface area contributed by atoms with Gasteiger partial charge in [0.05, 0.1) is 11.4 Å². The highest BCUT2D eigenvalue weighted by atomic mass is 35.5. The Morgan fingerprint density at radius 3 is 2.45 bits per heavy atom. The molecule has 5 rings (SSSR count). The van der Waals surface area contributed by atoms with Crippen molar-refractivity contribution in [3.8, 4) is 5.69 Å². The van der Waals surface area contributed by atoms with Gasteiger partial charge in [0, 0.05) is 29.4 Å². The number of anilines is 2. The van der Waals surface area contributed by atoms with Crippen molar-refractivity contribution >= 4 is 45.6 Å². The number of benzene rings is 3. The SMILES string of the molecule is Cc1cc(C(=O)Nc2ccc(N3CCCCC3=O)cc2)n(-c2ccc3cc(Cl)ccc3c2)n1. The summed E-state index contributed by atoms with van der Waals surface area (Å²) in [5.41, 5.74) is 3.50. The van der Waals surface area contributed by atoms with Crippen LogP contribution in [0.25, 0.3) is 16.5 Å². The van der Waals surface area contributed by atoms with Crippen LogP contribution in [0, 0.1) is 6.92 Å². The van der Waals surface area contributed by atoms with E-state index in [1.165, 1.54) is 0 Å². The van der Waals surface area contributed by atoms with E-state index < -0.39 is 0 Å². The van der Waals surface area contributed by atoms with Crippen molar-refractivity contribution in [2.45, 2.75) is 26.2 Å². The van der Waals surface area contributed by atoms with Gasteiger partial charge in [0.15, 0.2) is 0 Å². The number of fused-ring (bicyclic) bond motifs is 1. The van der Waals surface area contributed by atoms with Crippen LogP contribution in [0.3, 0.4) is 0 Å². The smallest absolute Gasteiger partial charge is 0.274 e. The Kier molecular flexibility index (Phi) is 5.60. The Bertz CT molecular complexity index is 1360. The summed E-state index contributed by atoms with van der Waals surface area (Å²) in [5, 5.41) is 10.2. The van der Waals surface area contributed by atoms with E-state index in [1.54, 1.807) is 15.6 Å². The van der Waals surface area contributed by atoms with E-state index in [-0.39, 0.29) is 11.8 Å². The van der Waals surface area contributed by atoms with Crippen molar-refractivity contribution in [2.75, 3.05) is 16.8 Å². The minimum Gasteiger partial charge on any atom is -0.321 e. The molecule has 166 valence electrons. The zero-order chi connectivity index (χ0) is 22.9. The summed E-state index contributed by atoms with van der Waals surface area (Å²) in [7, 11) is 0. The van der Waals surface area contributed by atoms with Gasteiger partial charge in [0.25, 0.3) is 5.91 Å². The minimum atomic E-state index is -0.256. The number of rotatable bonds is 4. The molecule has 33 heavy (non-hydrogen) atoms. The van der Waals surface area contributed by atoms with Crippen LogP contribution in [0.2, 0.25) is 5.02 Å². The first-order chi connectivity index (χ1) is 16.0. The maximum absolute atomic E-state index is 13.1. The number of hydrogen-bond donors (Lipinski definition) is 1. The van der Waals surface area contributed by atoms with Crippen LogP contribution in [0.15, 0.2) is 66.7 Å². The highest BCUT2D eigenvalue weighted by Crippen LogP contribution is 2.25. The monoisotopic (exact) mass is 458 g/mol. The molecule has 0 spiro atoms. The number of carbonyl (C=O) groups excluding carboxylic acids is 2. The van der Waals surface area contributed by atoms with Crippen molar-refractivity contribution in [2.24, 2.45) is 0 Å². The van der Waals surface area contributed by atoms with Gasteiger partial charge >= 0.3 is 0 Å². The van der Waals surface area contributed by atoms with Crippen LogP contribution >= 0.6 is 11.6 Å². The number of carbonyl (C=O) groups is 2. The van der Waals surface area contributed by atoms with E-state index in [2.05, 4.69) is 10.4 Å². The average Bonchev–Trinajstić information content (AvgIpc) is 3.21. The molecule has 1 N–H and O–H groups in total. The first-order valence-corrected chi connectivity index (χ1v) is 11.3. The summed E-state index contributed by atoms with van der Waals surface area (Å²) < 4.78 is 1.65. The fourth-order valence-corrected chi connectivity index (χ4v) is 4.37. The molecular formula is C26H23ClN4O2. The van der Waals surface area contributed by atoms with Crippen molar-refractivity contribution in [3.05, 3.63) is 83.1 Å². The van der Waals surface area contributed by atoms with Gasteiger partial charge in [-0.1, -0.05) is 23.7 Å². The largest absolute Gasteiger partial charge is 0.321 e. The van der Waals surface area contributed by atoms with Crippen LogP contribution in [0.1, 0.15) is 35.4 Å². The topological polar surface area (TPSA) is 67.2 Å². The summed E-state index contributed by atoms with van der Waals surface area (Å²) in [5.74, 6) is -0.108. The second-order valence-corrected chi connectivity index (χ2v) is 8.70. The lowest BCUT2D eigenvalue weighted by molar-refractivity contribution is -0.119. The normalized spacial score (nSPS) is 14.0. The van der Waals surface area contributed by atoms with E-state index in [9.17, 15) is 9.59 Å². The highest BCUT2D eigenvalue weighted by Gasteiger charge is 2.20. The summed E-state index contributed by atoms with van der Waals surface area (Å²) in [6, 6.07) is 20.7. The average molecular weight is 459 g/mol. The van der Waals surface area contributed by atoms with Gasteiger partial charge in [-0.15, -0.1) is 0 Å². The van der Waals surface area contributed by atoms with Crippen LogP contribution in [-0.2, 0) is 4.79 Å². The fraction of sp³-hybridized carbons (Fsp3) is 0.192. The zero-order valence-electron chi connectivity index (χ0n) is 18.2. The molecule has 4 aromatic rings. The van der Waals surface area contributed by atoms with Crippen LogP contribution < -0.4 is 10.2 Å². The van der Waals surface area contributed by atoms with Gasteiger partial charge in [-0.25, -0.2) is 4.68 Å². The first-order valence-electron chi connectivity index (χ1n) is 11.0. The molecule has 0 saturated carbocycles. The number of nitrogens with zero attached hydrogens (tertiary/aromatic N) is 3. The summed E-state index contributed by atoms with van der Waals surface area (Å²) in [6.07, 6.45) is 2.54. The van der Waals surface area contributed by atoms with Crippen molar-refractivity contribution < 1.29 is 9.59 Å². The second kappa shape index (κ2) is 8.71. The maximum Gasteiger partial charge on any atom is 0.274 e. The summed E-state index contributed by atoms with van der Waals surface area (Å²) in [4.78, 5) is 27.1. The van der Waals surface area contributed by atoms with Gasteiger partial charge in [0.1, 0.15) is 5.69 Å². The molecule has 0 unspecified atom stereocenters. The van der Waals surface area contributed by atoms with Gasteiger partial charge in [-0.05, 0) is 85.1 Å². The number of piperidine rings is 1. The predicted molar refractivity (Wildman–Crippen MR) is 131 cm³/mol. The molecule has 2 heterocycles. The van der Waals surface area contributed by atoms with Crippen molar-refractivity contribution in [1.29, 1.82) is 0 Å². The first kappa shape index (κ1) is 21.2. The number of halogens is 1. The molecule has 0 atom stereocenters. The molecule has 2 amide bonds. The van der Waals surface area contributed by atoms with Gasteiger partial charge in [-0.3, -0.25) is 9.59 Å². The van der Waals surface area contributed by atoms with E-state index in [0.717, 1.165) is 47.2 Å². The lowest BCUT2D eigenvalue weighted by Crippen LogP contribution is -2.35. The number of amides is 2. The van der Waals surface area contributed by atoms with E-state index in [0.29, 0.717) is 22.8 Å². The number of aryl methyl sites for hydroxylation is 1.